The Morgan fingerprint density at radius 3 is 2.54 bits per heavy atom. The molecule has 1 unspecified atom stereocenters. The number of carbonyl (C=O) groups is 1. The van der Waals surface area contributed by atoms with Gasteiger partial charge in [0.2, 0.25) is 0 Å². The lowest BCUT2D eigenvalue weighted by Gasteiger charge is -2.31. The highest BCUT2D eigenvalue weighted by Gasteiger charge is 2.38. The molecule has 3 aromatic rings. The van der Waals surface area contributed by atoms with E-state index in [1.54, 1.807) is 27.4 Å². The number of ether oxygens (including phenoxy) is 3. The molecule has 1 atom stereocenters. The van der Waals surface area contributed by atoms with Crippen molar-refractivity contribution in [2.75, 3.05) is 34.5 Å². The molecule has 0 aliphatic carbocycles. The van der Waals surface area contributed by atoms with Gasteiger partial charge in [-0.25, -0.2) is 8.42 Å². The molecule has 9 nitrogen and oxygen atoms in total. The molecule has 1 fully saturated rings. The highest BCUT2D eigenvalue weighted by Crippen LogP contribution is 2.34. The highest BCUT2D eigenvalue weighted by molar-refractivity contribution is 7.91. The molecular weight excluding hydrogens is 534 g/mol. The predicted molar refractivity (Wildman–Crippen MR) is 136 cm³/mol. The van der Waals surface area contributed by atoms with E-state index >= 15 is 0 Å². The molecule has 4 rings (SSSR count). The maximum atomic E-state index is 13.4. The van der Waals surface area contributed by atoms with Gasteiger partial charge in [0.25, 0.3) is 15.9 Å². The Bertz CT molecular complexity index is 1400. The van der Waals surface area contributed by atoms with Crippen LogP contribution in [0.5, 0.6) is 11.5 Å². The molecule has 2 aromatic heterocycles. The molecule has 1 aliphatic heterocycles. The molecular formula is C22H26ClN3O6S3. The molecule has 0 spiro atoms. The molecule has 1 aromatic carbocycles. The molecule has 0 bridgehead atoms. The number of thiazole rings is 1. The van der Waals surface area contributed by atoms with E-state index in [1.807, 2.05) is 16.7 Å². The van der Waals surface area contributed by atoms with Crippen molar-refractivity contribution < 1.29 is 27.4 Å². The van der Waals surface area contributed by atoms with Crippen LogP contribution in [0.2, 0.25) is 4.34 Å². The van der Waals surface area contributed by atoms with E-state index in [0.717, 1.165) is 28.0 Å². The summed E-state index contributed by atoms with van der Waals surface area (Å²) >= 11 is 8.28. The van der Waals surface area contributed by atoms with E-state index in [-0.39, 0.29) is 10.8 Å². The monoisotopic (exact) mass is 559 g/mol. The lowest BCUT2D eigenvalue weighted by Crippen LogP contribution is -2.47. The number of amides is 1. The molecule has 1 saturated heterocycles. The third-order valence-corrected chi connectivity index (χ3v) is 10.4. The third-order valence-electron chi connectivity index (χ3n) is 5.76. The molecule has 0 N–H and O–H groups in total. The summed E-state index contributed by atoms with van der Waals surface area (Å²) in [5, 5.41) is 0. The van der Waals surface area contributed by atoms with Crippen molar-refractivity contribution in [3.8, 4) is 11.5 Å². The largest absolute Gasteiger partial charge is 0.493 e. The van der Waals surface area contributed by atoms with Crippen LogP contribution >= 0.6 is 34.3 Å². The normalized spacial score (nSPS) is 17.7. The van der Waals surface area contributed by atoms with Crippen molar-refractivity contribution in [2.24, 2.45) is 4.99 Å². The van der Waals surface area contributed by atoms with Gasteiger partial charge in [-0.05, 0) is 25.0 Å². The van der Waals surface area contributed by atoms with Crippen molar-refractivity contribution in [1.82, 2.24) is 8.87 Å². The van der Waals surface area contributed by atoms with Gasteiger partial charge < -0.3 is 18.8 Å². The topological polar surface area (TPSA) is 99.4 Å². The molecule has 0 saturated carbocycles. The average molecular weight is 560 g/mol. The maximum absolute atomic E-state index is 13.4. The summed E-state index contributed by atoms with van der Waals surface area (Å²) in [7, 11) is 0.853. The quantitative estimate of drug-likeness (QED) is 0.417. The van der Waals surface area contributed by atoms with E-state index in [0.29, 0.717) is 46.6 Å². The van der Waals surface area contributed by atoms with Gasteiger partial charge in [-0.15, -0.1) is 11.3 Å². The zero-order chi connectivity index (χ0) is 25.2. The highest BCUT2D eigenvalue weighted by atomic mass is 35.5. The molecule has 35 heavy (non-hydrogen) atoms. The second kappa shape index (κ2) is 11.0. The van der Waals surface area contributed by atoms with Crippen molar-refractivity contribution in [3.63, 3.8) is 0 Å². The first-order valence-corrected chi connectivity index (χ1v) is 14.3. The van der Waals surface area contributed by atoms with Gasteiger partial charge in [0.1, 0.15) is 10.3 Å². The standard InChI is InChI=1S/C22H26ClN3O6S3/c1-30-11-10-25-15-12-16(31-2)17(32-3)13-18(15)33-22(25)24-21(27)14-6-4-5-9-26(14)35(28,29)20-8-7-19(23)34-20/h7-8,12-14H,4-6,9-11H2,1-3H3. The Balaban J connectivity index is 1.77. The summed E-state index contributed by atoms with van der Waals surface area (Å²) in [5.41, 5.74) is 0.817. The zero-order valence-electron chi connectivity index (χ0n) is 19.5. The minimum Gasteiger partial charge on any atom is -0.493 e. The molecule has 190 valence electrons. The maximum Gasteiger partial charge on any atom is 0.266 e. The van der Waals surface area contributed by atoms with Crippen LogP contribution in [0.25, 0.3) is 10.2 Å². The summed E-state index contributed by atoms with van der Waals surface area (Å²) in [5.74, 6) is 0.630. The van der Waals surface area contributed by atoms with E-state index in [2.05, 4.69) is 4.99 Å². The van der Waals surface area contributed by atoms with Crippen LogP contribution < -0.4 is 14.3 Å². The van der Waals surface area contributed by atoms with Crippen LogP contribution in [-0.2, 0) is 26.1 Å². The second-order valence-corrected chi connectivity index (χ2v) is 12.7. The van der Waals surface area contributed by atoms with Crippen molar-refractivity contribution in [1.29, 1.82) is 0 Å². The predicted octanol–water partition coefficient (Wildman–Crippen LogP) is 3.75. The fraction of sp³-hybridized carbons (Fsp3) is 0.455. The van der Waals surface area contributed by atoms with Crippen LogP contribution in [0.4, 0.5) is 0 Å². The SMILES string of the molecule is COCCn1c(=NC(=O)C2CCCCN2S(=O)(=O)c2ccc(Cl)s2)sc2cc(OC)c(OC)cc21. The number of benzene rings is 1. The van der Waals surface area contributed by atoms with E-state index < -0.39 is 22.0 Å². The number of hydrogen-bond acceptors (Lipinski definition) is 8. The van der Waals surface area contributed by atoms with Crippen molar-refractivity contribution in [2.45, 2.75) is 36.1 Å². The van der Waals surface area contributed by atoms with Gasteiger partial charge in [-0.2, -0.15) is 9.30 Å². The summed E-state index contributed by atoms with van der Waals surface area (Å²) in [6.45, 7) is 1.12. The summed E-state index contributed by atoms with van der Waals surface area (Å²) in [6, 6.07) is 5.81. The number of thiophene rings is 1. The van der Waals surface area contributed by atoms with Gasteiger partial charge in [-0.3, -0.25) is 4.79 Å². The lowest BCUT2D eigenvalue weighted by atomic mass is 10.0. The fourth-order valence-corrected chi connectivity index (χ4v) is 8.38. The number of nitrogens with zero attached hydrogens (tertiary/aromatic N) is 3. The summed E-state index contributed by atoms with van der Waals surface area (Å²) < 4.78 is 47.2. The van der Waals surface area contributed by atoms with Crippen LogP contribution in [0, 0.1) is 0 Å². The molecule has 13 heteroatoms. The summed E-state index contributed by atoms with van der Waals surface area (Å²) in [6.07, 6.45) is 1.83. The number of rotatable bonds is 8. The van der Waals surface area contributed by atoms with Gasteiger partial charge in [0, 0.05) is 32.3 Å². The van der Waals surface area contributed by atoms with E-state index in [4.69, 9.17) is 25.8 Å². The number of aromatic nitrogens is 1. The smallest absolute Gasteiger partial charge is 0.266 e. The Hall–Kier alpha value is -1.96. The summed E-state index contributed by atoms with van der Waals surface area (Å²) in [4.78, 5) is 18.3. The van der Waals surface area contributed by atoms with E-state index in [9.17, 15) is 13.2 Å². The number of carbonyl (C=O) groups excluding carboxylic acids is 1. The van der Waals surface area contributed by atoms with Gasteiger partial charge in [0.15, 0.2) is 16.3 Å². The Kier molecular flexibility index (Phi) is 8.19. The Morgan fingerprint density at radius 2 is 1.89 bits per heavy atom. The van der Waals surface area contributed by atoms with Gasteiger partial charge >= 0.3 is 0 Å². The Morgan fingerprint density at radius 1 is 1.14 bits per heavy atom. The van der Waals surface area contributed by atoms with Gasteiger partial charge in [0.05, 0.1) is 35.4 Å². The van der Waals surface area contributed by atoms with Crippen LogP contribution in [0.3, 0.4) is 0 Å². The fourth-order valence-electron chi connectivity index (χ4n) is 4.04. The number of sulfonamides is 1. The van der Waals surface area contributed by atoms with E-state index in [1.165, 1.54) is 21.7 Å². The number of methoxy groups -OCH3 is 3. The minimum atomic E-state index is -3.86. The second-order valence-electron chi connectivity index (χ2n) is 7.84. The van der Waals surface area contributed by atoms with Crippen molar-refractivity contribution in [3.05, 3.63) is 33.4 Å². The third kappa shape index (κ3) is 5.27. The van der Waals surface area contributed by atoms with Crippen molar-refractivity contribution >= 4 is 60.4 Å². The number of halogens is 1. The number of hydrogen-bond donors (Lipinski definition) is 0. The first-order chi connectivity index (χ1) is 16.8. The average Bonchev–Trinajstić information content (AvgIpc) is 3.44. The number of fused-ring (bicyclic) bond motifs is 1. The zero-order valence-corrected chi connectivity index (χ0v) is 22.7. The van der Waals surface area contributed by atoms with Crippen LogP contribution in [0.15, 0.2) is 33.5 Å². The lowest BCUT2D eigenvalue weighted by molar-refractivity contribution is -0.122. The number of piperidine rings is 1. The Labute approximate surface area is 216 Å². The molecule has 1 amide bonds. The minimum absolute atomic E-state index is 0.124. The molecule has 0 radical (unpaired) electrons. The van der Waals surface area contributed by atoms with Crippen LogP contribution in [-0.4, -0.2) is 63.7 Å². The van der Waals surface area contributed by atoms with Gasteiger partial charge in [-0.1, -0.05) is 29.4 Å². The molecule has 3 heterocycles. The van der Waals surface area contributed by atoms with Crippen LogP contribution in [0.1, 0.15) is 19.3 Å². The first kappa shape index (κ1) is 26.1. The first-order valence-electron chi connectivity index (χ1n) is 10.9. The molecule has 1 aliphatic rings.